The van der Waals surface area contributed by atoms with Crippen molar-refractivity contribution in [2.75, 3.05) is 13.7 Å². The van der Waals surface area contributed by atoms with Crippen molar-refractivity contribution in [3.63, 3.8) is 0 Å². The van der Waals surface area contributed by atoms with Crippen LogP contribution < -0.4 is 0 Å². The Labute approximate surface area is 70.8 Å². The fourth-order valence-electron chi connectivity index (χ4n) is 1.10. The topological polar surface area (TPSA) is 46.6 Å². The van der Waals surface area contributed by atoms with E-state index in [9.17, 15) is 9.59 Å². The molecule has 1 amide bonds. The van der Waals surface area contributed by atoms with Gasteiger partial charge in [0.15, 0.2) is 0 Å². The summed E-state index contributed by atoms with van der Waals surface area (Å²) in [5.41, 5.74) is 0. The van der Waals surface area contributed by atoms with E-state index in [0.717, 1.165) is 0 Å². The Kier molecular flexibility index (Phi) is 2.47. The second-order valence-electron chi connectivity index (χ2n) is 2.59. The minimum absolute atomic E-state index is 0.132. The Balaban J connectivity index is 2.59. The van der Waals surface area contributed by atoms with Crippen molar-refractivity contribution in [2.24, 2.45) is 0 Å². The second-order valence-corrected chi connectivity index (χ2v) is 2.59. The molecule has 1 aliphatic rings. The third-order valence-corrected chi connectivity index (χ3v) is 1.86. The minimum atomic E-state index is -0.488. The Hall–Kier alpha value is -1.32. The molecule has 4 nitrogen and oxygen atoms in total. The second kappa shape index (κ2) is 3.38. The molecule has 12 heavy (non-hydrogen) atoms. The van der Waals surface area contributed by atoms with Crippen molar-refractivity contribution in [2.45, 2.75) is 13.0 Å². The summed E-state index contributed by atoms with van der Waals surface area (Å²) in [6, 6.07) is -0.488. The van der Waals surface area contributed by atoms with Gasteiger partial charge in [-0.15, -0.1) is 0 Å². The monoisotopic (exact) mass is 169 g/mol. The summed E-state index contributed by atoms with van der Waals surface area (Å²) in [4.78, 5) is 23.5. The van der Waals surface area contributed by atoms with Crippen LogP contribution in [0.15, 0.2) is 12.2 Å². The summed E-state index contributed by atoms with van der Waals surface area (Å²) in [6.07, 6.45) is 3.18. The van der Waals surface area contributed by atoms with Crippen LogP contribution in [0.3, 0.4) is 0 Å². The van der Waals surface area contributed by atoms with Crippen molar-refractivity contribution < 1.29 is 14.3 Å². The fourth-order valence-corrected chi connectivity index (χ4v) is 1.10. The zero-order valence-corrected chi connectivity index (χ0v) is 7.11. The van der Waals surface area contributed by atoms with E-state index in [1.54, 1.807) is 13.0 Å². The average molecular weight is 169 g/mol. The summed E-state index contributed by atoms with van der Waals surface area (Å²) in [5.74, 6) is -0.514. The third-order valence-electron chi connectivity index (χ3n) is 1.86. The van der Waals surface area contributed by atoms with Gasteiger partial charge >= 0.3 is 5.97 Å². The molecule has 0 aromatic heterocycles. The molecule has 0 aromatic carbocycles. The first kappa shape index (κ1) is 8.77. The first-order valence-corrected chi connectivity index (χ1v) is 3.71. The minimum Gasteiger partial charge on any atom is -0.467 e. The molecule has 0 bridgehead atoms. The van der Waals surface area contributed by atoms with Gasteiger partial charge in [0.05, 0.1) is 7.11 Å². The SMILES string of the molecule is COC(=O)C(C)N1CC=CC1=O. The highest BCUT2D eigenvalue weighted by molar-refractivity contribution is 5.93. The van der Waals surface area contributed by atoms with Gasteiger partial charge in [0.2, 0.25) is 5.91 Å². The quantitative estimate of drug-likeness (QED) is 0.544. The van der Waals surface area contributed by atoms with E-state index >= 15 is 0 Å². The standard InChI is InChI=1S/C8H11NO3/c1-6(8(11)12-2)9-5-3-4-7(9)10/h3-4,6H,5H2,1-2H3. The average Bonchev–Trinajstić information content (AvgIpc) is 2.48. The highest BCUT2D eigenvalue weighted by Gasteiger charge is 2.26. The molecule has 1 aliphatic heterocycles. The lowest BCUT2D eigenvalue weighted by molar-refractivity contribution is -0.149. The highest BCUT2D eigenvalue weighted by Crippen LogP contribution is 2.07. The summed E-state index contributed by atoms with van der Waals surface area (Å²) < 4.78 is 4.51. The Morgan fingerprint density at radius 1 is 1.75 bits per heavy atom. The van der Waals surface area contributed by atoms with Gasteiger partial charge in [0, 0.05) is 12.6 Å². The summed E-state index contributed by atoms with van der Waals surface area (Å²) >= 11 is 0. The zero-order valence-electron chi connectivity index (χ0n) is 7.11. The maximum absolute atomic E-state index is 11.1. The normalized spacial score (nSPS) is 18.2. The predicted molar refractivity (Wildman–Crippen MR) is 42.3 cm³/mol. The van der Waals surface area contributed by atoms with Gasteiger partial charge in [0.25, 0.3) is 0 Å². The van der Waals surface area contributed by atoms with E-state index in [-0.39, 0.29) is 11.9 Å². The number of hydrogen-bond acceptors (Lipinski definition) is 3. The molecular formula is C8H11NO3. The molecule has 0 aromatic rings. The Bertz CT molecular complexity index is 234. The lowest BCUT2D eigenvalue weighted by atomic mass is 10.3. The zero-order chi connectivity index (χ0) is 9.14. The van der Waals surface area contributed by atoms with Crippen LogP contribution in [0.25, 0.3) is 0 Å². The number of carbonyl (C=O) groups excluding carboxylic acids is 2. The van der Waals surface area contributed by atoms with E-state index < -0.39 is 6.04 Å². The first-order valence-electron chi connectivity index (χ1n) is 3.71. The van der Waals surface area contributed by atoms with Crippen LogP contribution in [-0.4, -0.2) is 36.5 Å². The Morgan fingerprint density at radius 2 is 2.42 bits per heavy atom. The fraction of sp³-hybridized carbons (Fsp3) is 0.500. The molecule has 1 heterocycles. The van der Waals surface area contributed by atoms with Crippen LogP contribution in [0.5, 0.6) is 0 Å². The molecule has 1 rings (SSSR count). The van der Waals surface area contributed by atoms with Gasteiger partial charge in [-0.2, -0.15) is 0 Å². The van der Waals surface area contributed by atoms with Crippen molar-refractivity contribution >= 4 is 11.9 Å². The molecule has 0 saturated carbocycles. The molecular weight excluding hydrogens is 158 g/mol. The highest BCUT2D eigenvalue weighted by atomic mass is 16.5. The van der Waals surface area contributed by atoms with Crippen LogP contribution in [0, 0.1) is 0 Å². The van der Waals surface area contributed by atoms with Crippen molar-refractivity contribution in [1.82, 2.24) is 4.90 Å². The van der Waals surface area contributed by atoms with Crippen LogP contribution in [0.1, 0.15) is 6.92 Å². The number of methoxy groups -OCH3 is 1. The van der Waals surface area contributed by atoms with E-state index in [4.69, 9.17) is 0 Å². The number of rotatable bonds is 2. The molecule has 0 fully saturated rings. The molecule has 1 unspecified atom stereocenters. The number of nitrogens with zero attached hydrogens (tertiary/aromatic N) is 1. The lowest BCUT2D eigenvalue weighted by Crippen LogP contribution is -2.40. The number of carbonyl (C=O) groups is 2. The summed E-state index contributed by atoms with van der Waals surface area (Å²) in [6.45, 7) is 2.14. The van der Waals surface area contributed by atoms with E-state index in [1.165, 1.54) is 18.1 Å². The first-order chi connectivity index (χ1) is 5.66. The van der Waals surface area contributed by atoms with Gasteiger partial charge in [-0.05, 0) is 6.92 Å². The smallest absolute Gasteiger partial charge is 0.328 e. The van der Waals surface area contributed by atoms with E-state index in [0.29, 0.717) is 6.54 Å². The van der Waals surface area contributed by atoms with Gasteiger partial charge in [-0.3, -0.25) is 4.79 Å². The summed E-state index contributed by atoms with van der Waals surface area (Å²) in [7, 11) is 1.31. The maximum atomic E-state index is 11.1. The van der Waals surface area contributed by atoms with E-state index in [2.05, 4.69) is 4.74 Å². The third kappa shape index (κ3) is 1.47. The molecule has 1 atom stereocenters. The summed E-state index contributed by atoms with van der Waals surface area (Å²) in [5, 5.41) is 0. The molecule has 4 heteroatoms. The number of ether oxygens (including phenoxy) is 1. The molecule has 0 aliphatic carbocycles. The van der Waals surface area contributed by atoms with Crippen molar-refractivity contribution in [1.29, 1.82) is 0 Å². The van der Waals surface area contributed by atoms with Crippen LogP contribution in [0.4, 0.5) is 0 Å². The number of amides is 1. The Morgan fingerprint density at radius 3 is 2.83 bits per heavy atom. The maximum Gasteiger partial charge on any atom is 0.328 e. The lowest BCUT2D eigenvalue weighted by Gasteiger charge is -2.21. The van der Waals surface area contributed by atoms with Gasteiger partial charge in [-0.25, -0.2) is 4.79 Å². The molecule has 0 spiro atoms. The van der Waals surface area contributed by atoms with Crippen molar-refractivity contribution in [3.05, 3.63) is 12.2 Å². The van der Waals surface area contributed by atoms with Crippen LogP contribution in [-0.2, 0) is 14.3 Å². The predicted octanol–water partition coefficient (Wildman–Crippen LogP) is -0.0537. The van der Waals surface area contributed by atoms with Crippen LogP contribution in [0.2, 0.25) is 0 Å². The largest absolute Gasteiger partial charge is 0.467 e. The van der Waals surface area contributed by atoms with Gasteiger partial charge in [-0.1, -0.05) is 6.08 Å². The van der Waals surface area contributed by atoms with E-state index in [1.807, 2.05) is 0 Å². The molecule has 0 saturated heterocycles. The van der Waals surface area contributed by atoms with Crippen molar-refractivity contribution in [3.8, 4) is 0 Å². The molecule has 0 N–H and O–H groups in total. The van der Waals surface area contributed by atoms with Gasteiger partial charge in [0.1, 0.15) is 6.04 Å². The number of esters is 1. The molecule has 0 radical (unpaired) electrons. The van der Waals surface area contributed by atoms with Gasteiger partial charge < -0.3 is 9.64 Å². The molecule has 66 valence electrons. The number of hydrogen-bond donors (Lipinski definition) is 0. The van der Waals surface area contributed by atoms with Crippen LogP contribution >= 0.6 is 0 Å².